The molecule has 1 heterocycles. The van der Waals surface area contributed by atoms with Gasteiger partial charge >= 0.3 is 0 Å². The van der Waals surface area contributed by atoms with Crippen LogP contribution in [0.25, 0.3) is 0 Å². The lowest BCUT2D eigenvalue weighted by Gasteiger charge is -2.47. The maximum Gasteiger partial charge on any atom is 0.265 e. The van der Waals surface area contributed by atoms with Crippen LogP contribution in [0.1, 0.15) is 34.1 Å². The van der Waals surface area contributed by atoms with Crippen molar-refractivity contribution >= 4 is 11.6 Å². The lowest BCUT2D eigenvalue weighted by atomic mass is 9.57. The first kappa shape index (κ1) is 17.9. The first-order valence-corrected chi connectivity index (χ1v) is 11.2. The van der Waals surface area contributed by atoms with Crippen molar-refractivity contribution in [1.82, 2.24) is 10.1 Å². The Hall–Kier alpha value is -2.73. The Labute approximate surface area is 180 Å². The summed E-state index contributed by atoms with van der Waals surface area (Å²) in [4.78, 5) is 29.4. The van der Waals surface area contributed by atoms with E-state index in [2.05, 4.69) is 16.1 Å². The Morgan fingerprint density at radius 1 is 1.10 bits per heavy atom. The SMILES string of the molecule is CN(C)C1c2onc(OCc3ccccc3)c2C(=O)C2C(=O)C3C(CC21)C1C=C2C1C23. The van der Waals surface area contributed by atoms with Gasteiger partial charge in [0.25, 0.3) is 5.88 Å². The molecule has 0 aliphatic heterocycles. The molecule has 8 unspecified atom stereocenters. The topological polar surface area (TPSA) is 72.6 Å². The maximum atomic E-state index is 13.7. The monoisotopic (exact) mass is 416 g/mol. The maximum absolute atomic E-state index is 13.7. The number of Topliss-reactive ketones (excluding diaryl/α,β-unsaturated/α-hetero) is 2. The second-order valence-corrected chi connectivity index (χ2v) is 10.0. The van der Waals surface area contributed by atoms with Crippen molar-refractivity contribution in [3.63, 3.8) is 0 Å². The second kappa shape index (κ2) is 5.94. The van der Waals surface area contributed by atoms with Crippen molar-refractivity contribution in [3.05, 3.63) is 58.9 Å². The molecule has 158 valence electrons. The molecule has 0 radical (unpaired) electrons. The summed E-state index contributed by atoms with van der Waals surface area (Å²) in [6.45, 7) is 0.298. The van der Waals surface area contributed by atoms with Crippen LogP contribution in [0.5, 0.6) is 5.88 Å². The molecule has 8 atom stereocenters. The Kier molecular flexibility index (Phi) is 3.43. The number of ketones is 2. The van der Waals surface area contributed by atoms with Crippen molar-refractivity contribution in [2.24, 2.45) is 41.4 Å². The number of carbonyl (C=O) groups is 2. The first-order chi connectivity index (χ1) is 15.1. The van der Waals surface area contributed by atoms with Crippen molar-refractivity contribution in [1.29, 1.82) is 0 Å². The van der Waals surface area contributed by atoms with Crippen molar-refractivity contribution in [2.75, 3.05) is 14.1 Å². The van der Waals surface area contributed by atoms with Gasteiger partial charge in [0, 0.05) is 5.92 Å². The van der Waals surface area contributed by atoms with Gasteiger partial charge in [-0.3, -0.25) is 14.5 Å². The number of ether oxygens (including phenoxy) is 1. The molecule has 6 nitrogen and oxygen atoms in total. The van der Waals surface area contributed by atoms with Crippen LogP contribution in [0.4, 0.5) is 0 Å². The van der Waals surface area contributed by atoms with Crippen LogP contribution < -0.4 is 4.74 Å². The van der Waals surface area contributed by atoms with Gasteiger partial charge in [-0.25, -0.2) is 0 Å². The summed E-state index contributed by atoms with van der Waals surface area (Å²) in [5.74, 6) is 2.12. The van der Waals surface area contributed by atoms with Crippen molar-refractivity contribution in [2.45, 2.75) is 19.1 Å². The Morgan fingerprint density at radius 3 is 2.68 bits per heavy atom. The molecule has 31 heavy (non-hydrogen) atoms. The number of rotatable bonds is 4. The summed E-state index contributed by atoms with van der Waals surface area (Å²) in [5.41, 5.74) is 2.83. The molecule has 5 aliphatic rings. The van der Waals surface area contributed by atoms with Crippen LogP contribution in [-0.4, -0.2) is 35.7 Å². The lowest BCUT2D eigenvalue weighted by Crippen LogP contribution is -2.52. The van der Waals surface area contributed by atoms with E-state index in [0.29, 0.717) is 41.6 Å². The molecule has 3 saturated carbocycles. The summed E-state index contributed by atoms with van der Waals surface area (Å²) in [6, 6.07) is 9.61. The number of aromatic nitrogens is 1. The van der Waals surface area contributed by atoms with E-state index in [4.69, 9.17) is 9.26 Å². The van der Waals surface area contributed by atoms with Gasteiger partial charge in [-0.05, 0) is 60.8 Å². The summed E-state index contributed by atoms with van der Waals surface area (Å²) in [7, 11) is 3.97. The predicted molar refractivity (Wildman–Crippen MR) is 110 cm³/mol. The summed E-state index contributed by atoms with van der Waals surface area (Å²) >= 11 is 0. The first-order valence-electron chi connectivity index (χ1n) is 11.2. The van der Waals surface area contributed by atoms with Crippen LogP contribution in [0, 0.1) is 41.4 Å². The molecule has 0 saturated heterocycles. The highest BCUT2D eigenvalue weighted by Gasteiger charge is 2.73. The predicted octanol–water partition coefficient (Wildman–Crippen LogP) is 3.31. The van der Waals surface area contributed by atoms with Gasteiger partial charge in [0.05, 0.1) is 12.0 Å². The average Bonchev–Trinajstić information content (AvgIpc) is 3.02. The van der Waals surface area contributed by atoms with E-state index in [1.807, 2.05) is 44.4 Å². The zero-order valence-electron chi connectivity index (χ0n) is 17.5. The molecule has 5 aliphatic carbocycles. The van der Waals surface area contributed by atoms with Crippen LogP contribution >= 0.6 is 0 Å². The highest BCUT2D eigenvalue weighted by Crippen LogP contribution is 2.75. The Balaban J connectivity index is 1.26. The number of benzene rings is 1. The van der Waals surface area contributed by atoms with Gasteiger partial charge in [0.1, 0.15) is 18.0 Å². The van der Waals surface area contributed by atoms with Crippen LogP contribution in [0.15, 0.2) is 46.5 Å². The van der Waals surface area contributed by atoms with Crippen LogP contribution in [-0.2, 0) is 11.4 Å². The Bertz CT molecular complexity index is 1150. The molecular formula is C25H24N2O4. The van der Waals surface area contributed by atoms with Crippen LogP contribution in [0.3, 0.4) is 0 Å². The molecule has 2 aromatic rings. The molecule has 3 fully saturated rings. The van der Waals surface area contributed by atoms with E-state index < -0.39 is 5.92 Å². The molecule has 0 N–H and O–H groups in total. The minimum Gasteiger partial charge on any atom is -0.470 e. The fourth-order valence-corrected chi connectivity index (χ4v) is 7.25. The minimum absolute atomic E-state index is 0.0399. The fraction of sp³-hybridized carbons (Fsp3) is 0.480. The average molecular weight is 416 g/mol. The molecule has 0 bridgehead atoms. The largest absolute Gasteiger partial charge is 0.470 e. The van der Waals surface area contributed by atoms with E-state index in [-0.39, 0.29) is 35.3 Å². The third kappa shape index (κ3) is 2.19. The third-order valence-corrected chi connectivity index (χ3v) is 8.46. The third-order valence-electron chi connectivity index (χ3n) is 8.46. The van der Waals surface area contributed by atoms with Gasteiger partial charge in [0.2, 0.25) is 0 Å². The molecular weight excluding hydrogens is 392 g/mol. The van der Waals surface area contributed by atoms with Gasteiger partial charge in [-0.1, -0.05) is 42.0 Å². The second-order valence-electron chi connectivity index (χ2n) is 10.0. The zero-order chi connectivity index (χ0) is 21.0. The quantitative estimate of drug-likeness (QED) is 0.563. The fourth-order valence-electron chi connectivity index (χ4n) is 7.25. The van der Waals surface area contributed by atoms with Crippen LogP contribution in [0.2, 0.25) is 0 Å². The number of hydrogen-bond acceptors (Lipinski definition) is 6. The van der Waals surface area contributed by atoms with Gasteiger partial charge < -0.3 is 9.26 Å². The van der Waals surface area contributed by atoms with Gasteiger partial charge in [-0.2, -0.15) is 0 Å². The minimum atomic E-state index is -0.612. The van der Waals surface area contributed by atoms with Crippen molar-refractivity contribution < 1.29 is 18.8 Å². The number of carbonyl (C=O) groups excluding carboxylic acids is 2. The molecule has 0 amide bonds. The standard InChI is InChI=1S/C25H24N2O4/c1-27(2)21-15-9-13-12-8-14-16(12)17(14)18(13)22(28)19(15)23(29)20-24(21)31-26-25(20)30-10-11-6-4-3-5-7-11/h3-8,12-13,15-19,21H,9-10H2,1-2H3. The molecule has 7 rings (SSSR count). The lowest BCUT2D eigenvalue weighted by molar-refractivity contribution is -0.134. The highest BCUT2D eigenvalue weighted by atomic mass is 16.5. The summed E-state index contributed by atoms with van der Waals surface area (Å²) in [5, 5.41) is 4.13. The van der Waals surface area contributed by atoms with E-state index in [0.717, 1.165) is 12.0 Å². The smallest absolute Gasteiger partial charge is 0.265 e. The highest BCUT2D eigenvalue weighted by molar-refractivity contribution is 6.15. The van der Waals surface area contributed by atoms with Gasteiger partial charge in [0.15, 0.2) is 11.5 Å². The number of hydrogen-bond donors (Lipinski definition) is 0. The Morgan fingerprint density at radius 2 is 1.90 bits per heavy atom. The zero-order valence-corrected chi connectivity index (χ0v) is 17.5. The number of allylic oxidation sites excluding steroid dienone is 2. The van der Waals surface area contributed by atoms with E-state index in [9.17, 15) is 9.59 Å². The van der Waals surface area contributed by atoms with Gasteiger partial charge in [-0.15, -0.1) is 0 Å². The number of fused-ring (bicyclic) bond motifs is 6. The molecule has 6 heteroatoms. The molecule has 0 spiro atoms. The normalized spacial score (nSPS) is 38.6. The number of nitrogens with zero attached hydrogens (tertiary/aromatic N) is 2. The van der Waals surface area contributed by atoms with E-state index in [1.165, 1.54) is 5.57 Å². The van der Waals surface area contributed by atoms with E-state index >= 15 is 0 Å². The molecule has 1 aromatic heterocycles. The summed E-state index contributed by atoms with van der Waals surface area (Å²) < 4.78 is 11.6. The van der Waals surface area contributed by atoms with Crippen molar-refractivity contribution in [3.8, 4) is 5.88 Å². The van der Waals surface area contributed by atoms with E-state index in [1.54, 1.807) is 0 Å². The summed E-state index contributed by atoms with van der Waals surface area (Å²) in [6.07, 6.45) is 3.28. The molecule has 1 aromatic carbocycles.